The van der Waals surface area contributed by atoms with Crippen LogP contribution in [0.5, 0.6) is 0 Å². The quantitative estimate of drug-likeness (QED) is 0.628. The highest BCUT2D eigenvalue weighted by atomic mass is 16.5. The molecule has 86 valence electrons. The van der Waals surface area contributed by atoms with Gasteiger partial charge in [0, 0.05) is 0 Å². The van der Waals surface area contributed by atoms with E-state index in [1.54, 1.807) is 6.92 Å². The van der Waals surface area contributed by atoms with E-state index in [1.165, 1.54) is 5.56 Å². The van der Waals surface area contributed by atoms with Crippen LogP contribution in [-0.4, -0.2) is 18.4 Å². The summed E-state index contributed by atoms with van der Waals surface area (Å²) in [6.45, 7) is 5.94. The summed E-state index contributed by atoms with van der Waals surface area (Å²) in [7, 11) is 0. The molecule has 1 N–H and O–H groups in total. The second-order valence-corrected chi connectivity index (χ2v) is 3.40. The fourth-order valence-electron chi connectivity index (χ4n) is 1.15. The minimum atomic E-state index is -0.533. The Balaban J connectivity index is 2.63. The van der Waals surface area contributed by atoms with Gasteiger partial charge < -0.3 is 4.74 Å². The van der Waals surface area contributed by atoms with Crippen LogP contribution in [0.15, 0.2) is 29.4 Å². The van der Waals surface area contributed by atoms with Gasteiger partial charge in [0.05, 0.1) is 12.3 Å². The van der Waals surface area contributed by atoms with Gasteiger partial charge in [0.15, 0.2) is 0 Å². The van der Waals surface area contributed by atoms with E-state index in [9.17, 15) is 4.79 Å². The lowest BCUT2D eigenvalue weighted by molar-refractivity contribution is 0.152. The summed E-state index contributed by atoms with van der Waals surface area (Å²) in [4.78, 5) is 11.0. The normalized spacial score (nSPS) is 11.1. The second kappa shape index (κ2) is 5.90. The number of rotatable bonds is 3. The van der Waals surface area contributed by atoms with Crippen molar-refractivity contribution in [2.24, 2.45) is 5.10 Å². The molecule has 0 aromatic heterocycles. The zero-order chi connectivity index (χ0) is 12.0. The third-order valence-electron chi connectivity index (χ3n) is 2.06. The SMILES string of the molecule is CCOC(=O)NN=C(C)c1ccc(C)cc1. The van der Waals surface area contributed by atoms with Crippen molar-refractivity contribution in [2.45, 2.75) is 20.8 Å². The lowest BCUT2D eigenvalue weighted by atomic mass is 10.1. The average molecular weight is 220 g/mol. The number of hydrogen-bond acceptors (Lipinski definition) is 3. The Morgan fingerprint density at radius 3 is 2.56 bits per heavy atom. The first-order valence-electron chi connectivity index (χ1n) is 5.17. The zero-order valence-electron chi connectivity index (χ0n) is 9.78. The smallest absolute Gasteiger partial charge is 0.427 e. The Morgan fingerprint density at radius 2 is 2.00 bits per heavy atom. The Kier molecular flexibility index (Phi) is 4.51. The highest BCUT2D eigenvalue weighted by molar-refractivity contribution is 5.99. The van der Waals surface area contributed by atoms with Gasteiger partial charge in [-0.05, 0) is 26.3 Å². The van der Waals surface area contributed by atoms with Crippen molar-refractivity contribution in [3.8, 4) is 0 Å². The van der Waals surface area contributed by atoms with Crippen LogP contribution in [0.3, 0.4) is 0 Å². The first kappa shape index (κ1) is 12.2. The molecular weight excluding hydrogens is 204 g/mol. The van der Waals surface area contributed by atoms with Crippen LogP contribution in [0.2, 0.25) is 0 Å². The van der Waals surface area contributed by atoms with Gasteiger partial charge in [-0.25, -0.2) is 10.2 Å². The van der Waals surface area contributed by atoms with Crippen LogP contribution in [0.4, 0.5) is 4.79 Å². The molecule has 0 aliphatic heterocycles. The molecule has 0 heterocycles. The minimum absolute atomic E-state index is 0.338. The fourth-order valence-corrected chi connectivity index (χ4v) is 1.15. The minimum Gasteiger partial charge on any atom is -0.449 e. The van der Waals surface area contributed by atoms with Crippen LogP contribution in [0.25, 0.3) is 0 Å². The van der Waals surface area contributed by atoms with Crippen LogP contribution >= 0.6 is 0 Å². The summed E-state index contributed by atoms with van der Waals surface area (Å²) in [5.41, 5.74) is 5.23. The lowest BCUT2D eigenvalue weighted by Gasteiger charge is -2.03. The first-order valence-corrected chi connectivity index (χ1v) is 5.17. The van der Waals surface area contributed by atoms with Crippen molar-refractivity contribution in [2.75, 3.05) is 6.61 Å². The summed E-state index contributed by atoms with van der Waals surface area (Å²) in [5.74, 6) is 0. The third kappa shape index (κ3) is 3.73. The molecule has 0 bridgehead atoms. The summed E-state index contributed by atoms with van der Waals surface area (Å²) in [6.07, 6.45) is -0.533. The molecule has 0 saturated heterocycles. The predicted molar refractivity (Wildman–Crippen MR) is 63.5 cm³/mol. The molecule has 0 aliphatic rings. The molecule has 4 nitrogen and oxygen atoms in total. The van der Waals surface area contributed by atoms with Crippen LogP contribution in [0, 0.1) is 6.92 Å². The van der Waals surface area contributed by atoms with Gasteiger partial charge in [0.25, 0.3) is 0 Å². The van der Waals surface area contributed by atoms with E-state index in [0.717, 1.165) is 11.3 Å². The number of carbonyl (C=O) groups is 1. The number of nitrogens with zero attached hydrogens (tertiary/aromatic N) is 1. The van der Waals surface area contributed by atoms with Gasteiger partial charge in [0.2, 0.25) is 0 Å². The number of carbonyl (C=O) groups excluding carboxylic acids is 1. The van der Waals surface area contributed by atoms with Gasteiger partial charge in [-0.2, -0.15) is 5.10 Å². The maximum Gasteiger partial charge on any atom is 0.427 e. The number of nitrogens with one attached hydrogen (secondary N) is 1. The van der Waals surface area contributed by atoms with E-state index < -0.39 is 6.09 Å². The van der Waals surface area contributed by atoms with Crippen molar-refractivity contribution in [1.82, 2.24) is 5.43 Å². The molecule has 0 atom stereocenters. The number of aryl methyl sites for hydroxylation is 1. The zero-order valence-corrected chi connectivity index (χ0v) is 9.78. The van der Waals surface area contributed by atoms with Crippen molar-refractivity contribution in [3.63, 3.8) is 0 Å². The summed E-state index contributed by atoms with van der Waals surface area (Å²) in [5, 5.41) is 3.93. The Labute approximate surface area is 95.3 Å². The molecule has 1 rings (SSSR count). The van der Waals surface area contributed by atoms with Crippen LogP contribution in [0.1, 0.15) is 25.0 Å². The molecule has 0 spiro atoms. The number of hydrazone groups is 1. The molecule has 0 saturated carbocycles. The lowest BCUT2D eigenvalue weighted by Crippen LogP contribution is -2.20. The van der Waals surface area contributed by atoms with E-state index in [4.69, 9.17) is 4.74 Å². The van der Waals surface area contributed by atoms with Crippen molar-refractivity contribution in [3.05, 3.63) is 35.4 Å². The monoisotopic (exact) mass is 220 g/mol. The van der Waals surface area contributed by atoms with Gasteiger partial charge in [0.1, 0.15) is 0 Å². The predicted octanol–water partition coefficient (Wildman–Crippen LogP) is 2.47. The summed E-state index contributed by atoms with van der Waals surface area (Å²) in [6, 6.07) is 7.92. The van der Waals surface area contributed by atoms with Gasteiger partial charge in [-0.15, -0.1) is 0 Å². The maximum absolute atomic E-state index is 11.0. The van der Waals surface area contributed by atoms with E-state index in [2.05, 4.69) is 10.5 Å². The highest BCUT2D eigenvalue weighted by Crippen LogP contribution is 2.04. The molecule has 0 unspecified atom stereocenters. The van der Waals surface area contributed by atoms with E-state index in [-0.39, 0.29) is 0 Å². The highest BCUT2D eigenvalue weighted by Gasteiger charge is 2.00. The molecule has 0 aliphatic carbocycles. The number of ether oxygens (including phenoxy) is 1. The third-order valence-corrected chi connectivity index (χ3v) is 2.06. The summed E-state index contributed by atoms with van der Waals surface area (Å²) >= 11 is 0. The first-order chi connectivity index (χ1) is 7.63. The topological polar surface area (TPSA) is 50.7 Å². The van der Waals surface area contributed by atoms with Crippen molar-refractivity contribution >= 4 is 11.8 Å². The van der Waals surface area contributed by atoms with Crippen LogP contribution in [-0.2, 0) is 4.74 Å². The van der Waals surface area contributed by atoms with Crippen molar-refractivity contribution < 1.29 is 9.53 Å². The average Bonchev–Trinajstić information content (AvgIpc) is 2.27. The fraction of sp³-hybridized carbons (Fsp3) is 0.333. The molecule has 0 radical (unpaired) electrons. The Morgan fingerprint density at radius 1 is 1.38 bits per heavy atom. The van der Waals surface area contributed by atoms with E-state index in [0.29, 0.717) is 6.61 Å². The largest absolute Gasteiger partial charge is 0.449 e. The number of benzene rings is 1. The number of amides is 1. The molecule has 1 amide bonds. The Hall–Kier alpha value is -1.84. The van der Waals surface area contributed by atoms with E-state index >= 15 is 0 Å². The van der Waals surface area contributed by atoms with Gasteiger partial charge in [-0.3, -0.25) is 0 Å². The van der Waals surface area contributed by atoms with Crippen LogP contribution < -0.4 is 5.43 Å². The second-order valence-electron chi connectivity index (χ2n) is 3.40. The maximum atomic E-state index is 11.0. The molecule has 16 heavy (non-hydrogen) atoms. The molecule has 4 heteroatoms. The summed E-state index contributed by atoms with van der Waals surface area (Å²) < 4.78 is 4.69. The number of hydrogen-bond donors (Lipinski definition) is 1. The standard InChI is InChI=1S/C12H16N2O2/c1-4-16-12(15)14-13-10(3)11-7-5-9(2)6-8-11/h5-8H,4H2,1-3H3,(H,14,15). The molecule has 1 aromatic rings. The van der Waals surface area contributed by atoms with E-state index in [1.807, 2.05) is 38.1 Å². The molecule has 1 aromatic carbocycles. The Bertz CT molecular complexity index is 383. The van der Waals surface area contributed by atoms with Gasteiger partial charge >= 0.3 is 6.09 Å². The van der Waals surface area contributed by atoms with Gasteiger partial charge in [-0.1, -0.05) is 29.8 Å². The van der Waals surface area contributed by atoms with Crippen molar-refractivity contribution in [1.29, 1.82) is 0 Å². The molecule has 0 fully saturated rings. The molecular formula is C12H16N2O2.